The molecule has 0 bridgehead atoms. The van der Waals surface area contributed by atoms with Gasteiger partial charge in [-0.15, -0.1) is 4.15 Å². The molecule has 9 rings (SSSR count). The summed E-state index contributed by atoms with van der Waals surface area (Å²) in [6.45, 7) is 14.2. The zero-order valence-electron chi connectivity index (χ0n) is 41.4. The zero-order valence-corrected chi connectivity index (χ0v) is 43.1. The Hall–Kier alpha value is -6.91. The molecule has 2 aliphatic rings. The predicted molar refractivity (Wildman–Crippen MR) is 274 cm³/mol. The number of nitrogens with one attached hydrogen (secondary N) is 2. The molecule has 0 saturated carbocycles. The van der Waals surface area contributed by atoms with Gasteiger partial charge in [0.2, 0.25) is 6.54 Å². The average molecular weight is 1060 g/mol. The van der Waals surface area contributed by atoms with Crippen molar-refractivity contribution in [2.24, 2.45) is 4.15 Å². The van der Waals surface area contributed by atoms with Crippen molar-refractivity contribution in [1.82, 2.24) is 39.0 Å². The van der Waals surface area contributed by atoms with Crippen molar-refractivity contribution < 1.29 is 50.5 Å². The number of benzene rings is 3. The minimum absolute atomic E-state index is 0.00453. The van der Waals surface area contributed by atoms with Crippen LogP contribution < -0.4 is 10.6 Å². The lowest BCUT2D eigenvalue weighted by atomic mass is 10.2. The molecule has 2 fully saturated rings. The van der Waals surface area contributed by atoms with Gasteiger partial charge in [-0.3, -0.25) is 32.3 Å². The lowest BCUT2D eigenvalue weighted by Crippen LogP contribution is -2.33. The Bertz CT molecular complexity index is 3310. The molecule has 0 radical (unpaired) electrons. The minimum atomic E-state index is -4.46. The number of nitrogens with zero attached hydrogens (tertiary/aromatic N) is 10. The number of aromatic nitrogens is 8. The molecule has 2 amide bonds. The number of sulfonamides is 1. The van der Waals surface area contributed by atoms with E-state index in [-0.39, 0.29) is 69.0 Å². The lowest BCUT2D eigenvalue weighted by molar-refractivity contribution is -0.0807. The van der Waals surface area contributed by atoms with Crippen molar-refractivity contribution in [1.29, 1.82) is 0 Å². The summed E-state index contributed by atoms with van der Waals surface area (Å²) in [4.78, 5) is 56.5. The standard InChI is InChI=1S/C50H55N12O11PS/c1-32(2)67-25-39-38(24-42(71-39)62-31-57-44-46(53-29-55-48(44)62)59-50(64)36-19-13-8-14-20-36)73-74(68-22-21-51-5,60-75(65,66)27-34-15-9-6-10-16-34)69-26-40-37(70-33(3)4)23-41(72-40)61-30-56-43-45(52-28-54-47(43)61)58-49(63)35-17-11-7-12-18-35/h6-20,28-33,37-42H,21-27H2,1-4H3,(H,52,54,58,63)(H,53,55,59,64)/t37-,38-,39?,40?,41?,42?,74?/m1/s1. The summed E-state index contributed by atoms with van der Waals surface area (Å²) >= 11 is 0. The van der Waals surface area contributed by atoms with Crippen molar-refractivity contribution in [2.45, 2.75) is 95.4 Å². The maximum atomic E-state index is 14.4. The molecule has 2 aliphatic heterocycles. The van der Waals surface area contributed by atoms with Gasteiger partial charge in [-0.05, 0) is 57.5 Å². The number of carbonyl (C=O) groups is 2. The van der Waals surface area contributed by atoms with Gasteiger partial charge >= 0.3 is 7.74 Å². The molecule has 7 aromatic rings. The summed E-state index contributed by atoms with van der Waals surface area (Å²) in [6.07, 6.45) is 0.512. The van der Waals surface area contributed by atoms with Gasteiger partial charge in [0.1, 0.15) is 50.0 Å². The average Bonchev–Trinajstić information content (AvgIpc) is 4.22. The largest absolute Gasteiger partial charge is 0.376 e. The van der Waals surface area contributed by atoms with E-state index in [1.165, 1.54) is 25.3 Å². The number of hydrogen-bond acceptors (Lipinski definition) is 17. The molecular formula is C50H55N12O11PS. The van der Waals surface area contributed by atoms with Crippen LogP contribution in [0, 0.1) is 6.57 Å². The lowest BCUT2D eigenvalue weighted by Gasteiger charge is -2.29. The highest BCUT2D eigenvalue weighted by Crippen LogP contribution is 2.58. The van der Waals surface area contributed by atoms with Crippen molar-refractivity contribution in [2.75, 3.05) is 37.0 Å². The van der Waals surface area contributed by atoms with Gasteiger partial charge in [0.25, 0.3) is 21.8 Å². The quantitative estimate of drug-likeness (QED) is 0.0373. The summed E-state index contributed by atoms with van der Waals surface area (Å²) in [5.41, 5.74) is 2.62. The second-order valence-electron chi connectivity index (χ2n) is 18.0. The first-order valence-electron chi connectivity index (χ1n) is 24.1. The SMILES string of the molecule is [C-]#[N+]CCOP(=NS(=O)(=O)Cc1ccccc1)(OCC1OC(n2cnc3c(NC(=O)c4ccccc4)ncnc32)C[C@H]1OC(C)C)O[C@@H]1CC(n2cnc3c(NC(=O)c4ccccc4)ncnc32)OC1COC(C)C. The molecule has 0 aliphatic carbocycles. The maximum Gasteiger partial charge on any atom is 0.371 e. The molecule has 2 N–H and O–H groups in total. The highest BCUT2D eigenvalue weighted by molar-refractivity contribution is 7.92. The van der Waals surface area contributed by atoms with Crippen LogP contribution in [0.4, 0.5) is 11.6 Å². The van der Waals surface area contributed by atoms with E-state index in [1.54, 1.807) is 94.1 Å². The molecular weight excluding hydrogens is 1010 g/mol. The topological polar surface area (TPSA) is 261 Å². The number of ether oxygens (including phenoxy) is 4. The van der Waals surface area contributed by atoms with E-state index in [9.17, 15) is 18.0 Å². The number of fused-ring (bicyclic) bond motifs is 2. The number of rotatable bonds is 22. The van der Waals surface area contributed by atoms with E-state index in [0.29, 0.717) is 39.0 Å². The maximum absolute atomic E-state index is 14.4. The second-order valence-corrected chi connectivity index (χ2v) is 21.8. The van der Waals surface area contributed by atoms with Crippen molar-refractivity contribution in [3.63, 3.8) is 0 Å². The van der Waals surface area contributed by atoms with E-state index in [4.69, 9.17) is 39.1 Å². The van der Waals surface area contributed by atoms with E-state index in [2.05, 4.69) is 49.5 Å². The molecule has 23 nitrogen and oxygen atoms in total. The summed E-state index contributed by atoms with van der Waals surface area (Å²) in [7, 11) is -8.92. The Morgan fingerprint density at radius 2 is 1.24 bits per heavy atom. The van der Waals surface area contributed by atoms with Crippen molar-refractivity contribution in [3.05, 3.63) is 144 Å². The third-order valence-electron chi connectivity index (χ3n) is 11.8. The van der Waals surface area contributed by atoms with Crippen LogP contribution in [0.25, 0.3) is 27.2 Å². The van der Waals surface area contributed by atoms with Gasteiger partial charge in [0, 0.05) is 24.0 Å². The van der Waals surface area contributed by atoms with E-state index >= 15 is 0 Å². The minimum Gasteiger partial charge on any atom is -0.376 e. The number of anilines is 2. The van der Waals surface area contributed by atoms with Crippen LogP contribution in [0.5, 0.6) is 0 Å². The third-order valence-corrected chi connectivity index (χ3v) is 15.8. The molecule has 25 heteroatoms. The van der Waals surface area contributed by atoms with Gasteiger partial charge in [0.15, 0.2) is 34.0 Å². The molecule has 392 valence electrons. The van der Waals surface area contributed by atoms with Crippen LogP contribution >= 0.6 is 7.74 Å². The molecule has 75 heavy (non-hydrogen) atoms. The smallest absolute Gasteiger partial charge is 0.371 e. The highest BCUT2D eigenvalue weighted by Gasteiger charge is 2.46. The van der Waals surface area contributed by atoms with Gasteiger partial charge in [-0.2, -0.15) is 0 Å². The van der Waals surface area contributed by atoms with Gasteiger partial charge in [-0.1, -0.05) is 66.7 Å². The van der Waals surface area contributed by atoms with Gasteiger partial charge in [0.05, 0.1) is 49.9 Å². The Morgan fingerprint density at radius 1 is 0.720 bits per heavy atom. The molecule has 2 saturated heterocycles. The molecule has 0 spiro atoms. The molecule has 6 heterocycles. The number of amides is 2. The first-order valence-corrected chi connectivity index (χ1v) is 27.2. The Labute approximate surface area is 432 Å². The number of carbonyl (C=O) groups excluding carboxylic acids is 2. The molecule has 4 aromatic heterocycles. The third kappa shape index (κ3) is 13.0. The normalized spacial score (nSPS) is 20.6. The van der Waals surface area contributed by atoms with Crippen LogP contribution in [0.2, 0.25) is 0 Å². The number of hydrogen-bond donors (Lipinski definition) is 2. The molecule has 7 atom stereocenters. The first kappa shape index (κ1) is 52.9. The van der Waals surface area contributed by atoms with Crippen molar-refractivity contribution >= 4 is 63.5 Å². The summed E-state index contributed by atoms with van der Waals surface area (Å²) in [6, 6.07) is 25.9. The predicted octanol–water partition coefficient (Wildman–Crippen LogP) is 7.78. The Kier molecular flexibility index (Phi) is 16.8. The second kappa shape index (κ2) is 23.7. The van der Waals surface area contributed by atoms with Crippen LogP contribution in [0.15, 0.2) is 120 Å². The number of imidazole rings is 2. The van der Waals surface area contributed by atoms with Crippen LogP contribution in [-0.2, 0) is 48.3 Å². The van der Waals surface area contributed by atoms with E-state index < -0.39 is 66.3 Å². The van der Waals surface area contributed by atoms with Crippen LogP contribution in [0.1, 0.15) is 79.3 Å². The van der Waals surface area contributed by atoms with Crippen LogP contribution in [0.3, 0.4) is 0 Å². The van der Waals surface area contributed by atoms with E-state index in [1.807, 2.05) is 33.8 Å². The van der Waals surface area contributed by atoms with Crippen molar-refractivity contribution in [3.8, 4) is 0 Å². The first-order chi connectivity index (χ1) is 36.3. The molecule has 5 unspecified atom stereocenters. The van der Waals surface area contributed by atoms with Gasteiger partial charge < -0.3 is 34.4 Å². The fourth-order valence-electron chi connectivity index (χ4n) is 8.45. The van der Waals surface area contributed by atoms with Crippen LogP contribution in [-0.4, -0.2) is 122 Å². The molecule has 3 aromatic carbocycles. The summed E-state index contributed by atoms with van der Waals surface area (Å²) in [5, 5.41) is 5.64. The fourth-order valence-corrected chi connectivity index (χ4v) is 12.5. The highest BCUT2D eigenvalue weighted by atomic mass is 32.2. The van der Waals surface area contributed by atoms with Gasteiger partial charge in [-0.25, -0.2) is 44.9 Å². The Morgan fingerprint density at radius 3 is 1.76 bits per heavy atom. The summed E-state index contributed by atoms with van der Waals surface area (Å²) in [5.74, 6) is -0.917. The van der Waals surface area contributed by atoms with E-state index in [0.717, 1.165) is 0 Å². The Balaban J connectivity index is 1.03. The monoisotopic (exact) mass is 1060 g/mol. The zero-order chi connectivity index (χ0) is 52.5. The fraction of sp³-hybridized carbons (Fsp3) is 0.380. The summed E-state index contributed by atoms with van der Waals surface area (Å²) < 4.78 is 82.2.